The van der Waals surface area contributed by atoms with Crippen LogP contribution in [0.2, 0.25) is 0 Å². The maximum absolute atomic E-state index is 5.39. The van der Waals surface area contributed by atoms with E-state index in [1.807, 2.05) is 19.1 Å². The van der Waals surface area contributed by atoms with Crippen LogP contribution in [-0.4, -0.2) is 9.97 Å². The molecule has 2 rings (SSSR count). The second kappa shape index (κ2) is 2.99. The van der Waals surface area contributed by atoms with Crippen LogP contribution in [-0.2, 0) is 0 Å². The molecule has 0 unspecified atom stereocenters. The summed E-state index contributed by atoms with van der Waals surface area (Å²) in [5.74, 6) is 5.39. The van der Waals surface area contributed by atoms with E-state index in [0.717, 1.165) is 22.3 Å². The van der Waals surface area contributed by atoms with Crippen LogP contribution in [0.5, 0.6) is 0 Å². The Kier molecular flexibility index (Phi) is 1.83. The van der Waals surface area contributed by atoms with Crippen LogP contribution in [0.1, 0.15) is 5.69 Å². The van der Waals surface area contributed by atoms with E-state index in [9.17, 15) is 0 Å². The van der Waals surface area contributed by atoms with Crippen LogP contribution in [0.25, 0.3) is 10.9 Å². The van der Waals surface area contributed by atoms with Crippen LogP contribution < -0.4 is 11.3 Å². The van der Waals surface area contributed by atoms with E-state index in [0.29, 0.717) is 0 Å². The van der Waals surface area contributed by atoms with E-state index in [1.165, 1.54) is 0 Å². The summed E-state index contributed by atoms with van der Waals surface area (Å²) in [5.41, 5.74) is 5.30. The number of hydrogen-bond donors (Lipinski definition) is 2. The number of nitrogens with zero attached hydrogens (tertiary/aromatic N) is 2. The van der Waals surface area contributed by atoms with Gasteiger partial charge < -0.3 is 5.43 Å². The smallest absolute Gasteiger partial charge is 0.0909 e. The Morgan fingerprint density at radius 2 is 2.31 bits per heavy atom. The van der Waals surface area contributed by atoms with Crippen LogP contribution >= 0.6 is 0 Å². The Bertz CT molecular complexity index is 439. The van der Waals surface area contributed by atoms with E-state index >= 15 is 0 Å². The zero-order valence-corrected chi connectivity index (χ0v) is 7.28. The van der Waals surface area contributed by atoms with Gasteiger partial charge in [-0.2, -0.15) is 0 Å². The van der Waals surface area contributed by atoms with Gasteiger partial charge in [0.2, 0.25) is 0 Å². The monoisotopic (exact) mass is 174 g/mol. The molecule has 0 aromatic carbocycles. The number of pyridine rings is 2. The van der Waals surface area contributed by atoms with Gasteiger partial charge in [-0.3, -0.25) is 15.8 Å². The van der Waals surface area contributed by atoms with Crippen LogP contribution in [0.4, 0.5) is 5.69 Å². The third-order valence-electron chi connectivity index (χ3n) is 1.90. The first-order valence-electron chi connectivity index (χ1n) is 3.99. The van der Waals surface area contributed by atoms with Crippen molar-refractivity contribution in [2.24, 2.45) is 5.84 Å². The van der Waals surface area contributed by atoms with Crippen molar-refractivity contribution in [1.29, 1.82) is 0 Å². The van der Waals surface area contributed by atoms with Gasteiger partial charge in [0.05, 0.1) is 17.4 Å². The number of nitrogens with two attached hydrogens (primary N) is 1. The number of fused-ring (bicyclic) bond motifs is 1. The number of nitrogens with one attached hydrogen (secondary N) is 1. The Hall–Kier alpha value is -1.68. The van der Waals surface area contributed by atoms with E-state index in [4.69, 9.17) is 5.84 Å². The Morgan fingerprint density at radius 3 is 3.08 bits per heavy atom. The molecule has 0 aliphatic carbocycles. The largest absolute Gasteiger partial charge is 0.323 e. The maximum atomic E-state index is 5.39. The fourth-order valence-electron chi connectivity index (χ4n) is 1.33. The molecule has 0 aliphatic heterocycles. The van der Waals surface area contributed by atoms with Gasteiger partial charge in [0, 0.05) is 17.3 Å². The van der Waals surface area contributed by atoms with Crippen molar-refractivity contribution in [3.63, 3.8) is 0 Å². The predicted octanol–water partition coefficient (Wildman–Crippen LogP) is 1.22. The summed E-state index contributed by atoms with van der Waals surface area (Å²) >= 11 is 0. The lowest BCUT2D eigenvalue weighted by atomic mass is 10.2. The Labute approximate surface area is 75.8 Å². The molecule has 0 saturated carbocycles. The summed E-state index contributed by atoms with van der Waals surface area (Å²) in [7, 11) is 0. The number of anilines is 1. The van der Waals surface area contributed by atoms with Crippen LogP contribution in [0, 0.1) is 6.92 Å². The number of rotatable bonds is 1. The van der Waals surface area contributed by atoms with E-state index in [2.05, 4.69) is 15.4 Å². The molecule has 2 aromatic heterocycles. The highest BCUT2D eigenvalue weighted by molar-refractivity contribution is 5.90. The van der Waals surface area contributed by atoms with Crippen molar-refractivity contribution in [3.8, 4) is 0 Å². The zero-order valence-electron chi connectivity index (χ0n) is 7.28. The molecule has 2 heterocycles. The fourth-order valence-corrected chi connectivity index (χ4v) is 1.33. The van der Waals surface area contributed by atoms with Crippen molar-refractivity contribution in [2.45, 2.75) is 6.92 Å². The molecule has 0 radical (unpaired) electrons. The van der Waals surface area contributed by atoms with Gasteiger partial charge in [-0.25, -0.2) is 0 Å². The van der Waals surface area contributed by atoms with Crippen molar-refractivity contribution >= 4 is 16.6 Å². The Morgan fingerprint density at radius 1 is 1.46 bits per heavy atom. The molecule has 0 atom stereocenters. The molecule has 0 fully saturated rings. The second-order valence-corrected chi connectivity index (χ2v) is 2.85. The SMILES string of the molecule is Cc1cc(NN)c2ccncc2n1. The molecule has 3 N–H and O–H groups in total. The maximum Gasteiger partial charge on any atom is 0.0909 e. The van der Waals surface area contributed by atoms with Crippen molar-refractivity contribution in [2.75, 3.05) is 5.43 Å². The second-order valence-electron chi connectivity index (χ2n) is 2.85. The van der Waals surface area contributed by atoms with E-state index in [-0.39, 0.29) is 0 Å². The number of nitrogen functional groups attached to an aromatic ring is 1. The quantitative estimate of drug-likeness (QED) is 0.504. The number of hydrazine groups is 1. The average molecular weight is 174 g/mol. The standard InChI is InChI=1S/C9H10N4/c1-6-4-8(13-10)7-2-3-11-5-9(7)12-6/h2-5H,10H2,1H3,(H,12,13). The number of hydrogen-bond acceptors (Lipinski definition) is 4. The molecular weight excluding hydrogens is 164 g/mol. The van der Waals surface area contributed by atoms with Gasteiger partial charge in [-0.15, -0.1) is 0 Å². The third-order valence-corrected chi connectivity index (χ3v) is 1.90. The molecule has 4 heteroatoms. The van der Waals surface area contributed by atoms with Crippen molar-refractivity contribution in [3.05, 3.63) is 30.2 Å². The van der Waals surface area contributed by atoms with Gasteiger partial charge in [0.15, 0.2) is 0 Å². The van der Waals surface area contributed by atoms with Crippen molar-refractivity contribution in [1.82, 2.24) is 9.97 Å². The molecule has 0 aliphatic rings. The van der Waals surface area contributed by atoms with Gasteiger partial charge >= 0.3 is 0 Å². The first kappa shape index (κ1) is 7.94. The van der Waals surface area contributed by atoms with Crippen LogP contribution in [0.3, 0.4) is 0 Å². The summed E-state index contributed by atoms with van der Waals surface area (Å²) in [6, 6.07) is 3.79. The normalized spacial score (nSPS) is 10.3. The van der Waals surface area contributed by atoms with Crippen molar-refractivity contribution < 1.29 is 0 Å². The summed E-state index contributed by atoms with van der Waals surface area (Å²) < 4.78 is 0. The lowest BCUT2D eigenvalue weighted by Crippen LogP contribution is -2.07. The van der Waals surface area contributed by atoms with E-state index < -0.39 is 0 Å². The highest BCUT2D eigenvalue weighted by Crippen LogP contribution is 2.20. The molecule has 13 heavy (non-hydrogen) atoms. The molecule has 66 valence electrons. The van der Waals surface area contributed by atoms with E-state index in [1.54, 1.807) is 12.4 Å². The minimum Gasteiger partial charge on any atom is -0.323 e. The van der Waals surface area contributed by atoms with Crippen LogP contribution in [0.15, 0.2) is 24.5 Å². The molecule has 0 saturated heterocycles. The molecular formula is C9H10N4. The summed E-state index contributed by atoms with van der Waals surface area (Å²) in [6.07, 6.45) is 3.45. The third kappa shape index (κ3) is 1.31. The summed E-state index contributed by atoms with van der Waals surface area (Å²) in [4.78, 5) is 8.32. The average Bonchev–Trinajstić information content (AvgIpc) is 2.16. The molecule has 0 amide bonds. The highest BCUT2D eigenvalue weighted by Gasteiger charge is 2.01. The number of aryl methyl sites for hydroxylation is 1. The first-order chi connectivity index (χ1) is 6.31. The van der Waals surface area contributed by atoms with Gasteiger partial charge in [-0.05, 0) is 19.1 Å². The molecule has 2 aromatic rings. The molecule has 0 spiro atoms. The number of aromatic nitrogens is 2. The molecule has 4 nitrogen and oxygen atoms in total. The van der Waals surface area contributed by atoms with Gasteiger partial charge in [-0.1, -0.05) is 0 Å². The minimum absolute atomic E-state index is 0.857. The Balaban J connectivity index is 2.81. The van der Waals surface area contributed by atoms with Gasteiger partial charge in [0.1, 0.15) is 0 Å². The zero-order chi connectivity index (χ0) is 9.26. The lowest BCUT2D eigenvalue weighted by Gasteiger charge is -2.05. The minimum atomic E-state index is 0.857. The lowest BCUT2D eigenvalue weighted by molar-refractivity contribution is 1.22. The first-order valence-corrected chi connectivity index (χ1v) is 3.99. The highest BCUT2D eigenvalue weighted by atomic mass is 15.2. The fraction of sp³-hybridized carbons (Fsp3) is 0.111. The van der Waals surface area contributed by atoms with Gasteiger partial charge in [0.25, 0.3) is 0 Å². The summed E-state index contributed by atoms with van der Waals surface area (Å²) in [6.45, 7) is 1.92. The predicted molar refractivity (Wildman–Crippen MR) is 52.1 cm³/mol. The topological polar surface area (TPSA) is 63.8 Å². The molecule has 0 bridgehead atoms. The summed E-state index contributed by atoms with van der Waals surface area (Å²) in [5, 5.41) is 0.989.